The molecule has 0 aromatic rings. The van der Waals surface area contributed by atoms with Gasteiger partial charge in [0.25, 0.3) is 0 Å². The van der Waals surface area contributed by atoms with E-state index in [1.54, 1.807) is 0 Å². The highest BCUT2D eigenvalue weighted by atomic mass is 16.5. The van der Waals surface area contributed by atoms with Crippen molar-refractivity contribution in [2.45, 2.75) is 44.6 Å². The molecule has 16 heavy (non-hydrogen) atoms. The molecule has 2 aliphatic rings. The Balaban J connectivity index is 2.02. The van der Waals surface area contributed by atoms with E-state index in [0.717, 1.165) is 32.2 Å². The molecular weight excluding hydrogens is 200 g/mol. The molecule has 2 rings (SSSR count). The van der Waals surface area contributed by atoms with Gasteiger partial charge in [0.2, 0.25) is 0 Å². The summed E-state index contributed by atoms with van der Waals surface area (Å²) in [7, 11) is 0. The minimum absolute atomic E-state index is 0.300. The molecule has 1 aliphatic carbocycles. The summed E-state index contributed by atoms with van der Waals surface area (Å²) in [5.74, 6) is 0.896. The molecule has 3 nitrogen and oxygen atoms in total. The Morgan fingerprint density at radius 1 is 1.38 bits per heavy atom. The lowest BCUT2D eigenvalue weighted by molar-refractivity contribution is 0.0830. The molecule has 1 saturated heterocycles. The number of ether oxygens (including phenoxy) is 1. The molecule has 94 valence electrons. The summed E-state index contributed by atoms with van der Waals surface area (Å²) in [5.41, 5.74) is 6.39. The molecule has 1 aliphatic heterocycles. The van der Waals surface area contributed by atoms with Crippen molar-refractivity contribution in [1.82, 2.24) is 4.90 Å². The molecular formula is C13H26N2O. The van der Waals surface area contributed by atoms with E-state index in [2.05, 4.69) is 11.8 Å². The fourth-order valence-corrected chi connectivity index (χ4v) is 3.38. The first-order valence-corrected chi connectivity index (χ1v) is 6.83. The second kappa shape index (κ2) is 5.48. The van der Waals surface area contributed by atoms with Crippen LogP contribution in [0.2, 0.25) is 0 Å². The summed E-state index contributed by atoms with van der Waals surface area (Å²) in [4.78, 5) is 2.62. The Morgan fingerprint density at radius 2 is 2.25 bits per heavy atom. The highest BCUT2D eigenvalue weighted by molar-refractivity contribution is 4.99. The van der Waals surface area contributed by atoms with Gasteiger partial charge in [-0.25, -0.2) is 0 Å². The summed E-state index contributed by atoms with van der Waals surface area (Å²) < 4.78 is 5.54. The van der Waals surface area contributed by atoms with Gasteiger partial charge in [0.15, 0.2) is 0 Å². The minimum Gasteiger partial charge on any atom is -0.380 e. The molecule has 0 aromatic carbocycles. The quantitative estimate of drug-likeness (QED) is 0.794. The maximum atomic E-state index is 6.09. The fraction of sp³-hybridized carbons (Fsp3) is 1.00. The molecule has 0 amide bonds. The van der Waals surface area contributed by atoms with E-state index in [4.69, 9.17) is 10.5 Å². The number of nitrogens with zero attached hydrogens (tertiary/aromatic N) is 1. The van der Waals surface area contributed by atoms with Crippen LogP contribution in [0.1, 0.15) is 39.0 Å². The maximum absolute atomic E-state index is 6.09. The number of hydrogen-bond acceptors (Lipinski definition) is 3. The summed E-state index contributed by atoms with van der Waals surface area (Å²) in [6.45, 7) is 7.19. The standard InChI is InChI=1S/C13H26N2O/c1-2-12-4-5-13(10-12,11-14)15-6-3-8-16-9-7-15/h12H,2-11,14H2,1H3. The number of rotatable bonds is 3. The Labute approximate surface area is 99.3 Å². The molecule has 3 heteroatoms. The Hall–Kier alpha value is -0.120. The van der Waals surface area contributed by atoms with Crippen LogP contribution in [0.15, 0.2) is 0 Å². The Bertz CT molecular complexity index is 214. The van der Waals surface area contributed by atoms with E-state index < -0.39 is 0 Å². The SMILES string of the molecule is CCC1CCC(CN)(N2CCCOCC2)C1. The Kier molecular flexibility index (Phi) is 4.22. The number of nitrogens with two attached hydrogens (primary N) is 1. The minimum atomic E-state index is 0.300. The molecule has 2 N–H and O–H groups in total. The van der Waals surface area contributed by atoms with Crippen LogP contribution in [-0.2, 0) is 4.74 Å². The van der Waals surface area contributed by atoms with E-state index in [9.17, 15) is 0 Å². The lowest BCUT2D eigenvalue weighted by Gasteiger charge is -2.40. The normalized spacial score (nSPS) is 37.5. The zero-order valence-corrected chi connectivity index (χ0v) is 10.6. The van der Waals surface area contributed by atoms with Gasteiger partial charge in [0, 0.05) is 31.8 Å². The molecule has 2 unspecified atom stereocenters. The van der Waals surface area contributed by atoms with Crippen LogP contribution in [0, 0.1) is 5.92 Å². The maximum Gasteiger partial charge on any atom is 0.0593 e. The first kappa shape index (κ1) is 12.3. The van der Waals surface area contributed by atoms with Gasteiger partial charge >= 0.3 is 0 Å². The van der Waals surface area contributed by atoms with Crippen LogP contribution in [-0.4, -0.2) is 43.3 Å². The van der Waals surface area contributed by atoms with Crippen molar-refractivity contribution in [1.29, 1.82) is 0 Å². The lowest BCUT2D eigenvalue weighted by atomic mass is 9.92. The first-order chi connectivity index (χ1) is 7.80. The van der Waals surface area contributed by atoms with Gasteiger partial charge in [0.05, 0.1) is 6.61 Å². The topological polar surface area (TPSA) is 38.5 Å². The second-order valence-electron chi connectivity index (χ2n) is 5.40. The van der Waals surface area contributed by atoms with Gasteiger partial charge in [-0.05, 0) is 31.6 Å². The van der Waals surface area contributed by atoms with Crippen molar-refractivity contribution in [2.24, 2.45) is 11.7 Å². The molecule has 1 heterocycles. The molecule has 0 bridgehead atoms. The highest BCUT2D eigenvalue weighted by Crippen LogP contribution is 2.40. The van der Waals surface area contributed by atoms with Crippen molar-refractivity contribution < 1.29 is 4.74 Å². The second-order valence-corrected chi connectivity index (χ2v) is 5.40. The van der Waals surface area contributed by atoms with Crippen molar-refractivity contribution in [3.05, 3.63) is 0 Å². The van der Waals surface area contributed by atoms with Crippen molar-refractivity contribution >= 4 is 0 Å². The van der Waals surface area contributed by atoms with Crippen LogP contribution in [0.3, 0.4) is 0 Å². The average Bonchev–Trinajstić information content (AvgIpc) is 2.56. The largest absolute Gasteiger partial charge is 0.380 e. The average molecular weight is 226 g/mol. The van der Waals surface area contributed by atoms with Gasteiger partial charge in [-0.3, -0.25) is 4.90 Å². The fourth-order valence-electron chi connectivity index (χ4n) is 3.38. The number of hydrogen-bond donors (Lipinski definition) is 1. The summed E-state index contributed by atoms with van der Waals surface area (Å²) in [6, 6.07) is 0. The molecule has 0 radical (unpaired) electrons. The predicted octanol–water partition coefficient (Wildman–Crippen LogP) is 1.62. The van der Waals surface area contributed by atoms with Crippen LogP contribution in [0.5, 0.6) is 0 Å². The molecule has 2 fully saturated rings. The smallest absolute Gasteiger partial charge is 0.0593 e. The van der Waals surface area contributed by atoms with Crippen LogP contribution < -0.4 is 5.73 Å². The van der Waals surface area contributed by atoms with Gasteiger partial charge < -0.3 is 10.5 Å². The zero-order valence-electron chi connectivity index (χ0n) is 10.6. The molecule has 0 spiro atoms. The van der Waals surface area contributed by atoms with E-state index in [-0.39, 0.29) is 0 Å². The predicted molar refractivity (Wildman–Crippen MR) is 66.4 cm³/mol. The van der Waals surface area contributed by atoms with Crippen molar-refractivity contribution in [3.63, 3.8) is 0 Å². The molecule has 0 aromatic heterocycles. The highest BCUT2D eigenvalue weighted by Gasteiger charge is 2.41. The van der Waals surface area contributed by atoms with Gasteiger partial charge in [-0.2, -0.15) is 0 Å². The lowest BCUT2D eigenvalue weighted by Crippen LogP contribution is -2.53. The van der Waals surface area contributed by atoms with Gasteiger partial charge in [-0.15, -0.1) is 0 Å². The summed E-state index contributed by atoms with van der Waals surface area (Å²) >= 11 is 0. The van der Waals surface area contributed by atoms with E-state index in [1.165, 1.54) is 38.6 Å². The van der Waals surface area contributed by atoms with Gasteiger partial charge in [-0.1, -0.05) is 13.3 Å². The van der Waals surface area contributed by atoms with Crippen LogP contribution in [0.4, 0.5) is 0 Å². The van der Waals surface area contributed by atoms with Crippen molar-refractivity contribution in [3.8, 4) is 0 Å². The molecule has 1 saturated carbocycles. The van der Waals surface area contributed by atoms with Crippen LogP contribution >= 0.6 is 0 Å². The zero-order chi connectivity index (χ0) is 11.4. The van der Waals surface area contributed by atoms with Crippen molar-refractivity contribution in [2.75, 3.05) is 32.8 Å². The van der Waals surface area contributed by atoms with E-state index >= 15 is 0 Å². The third kappa shape index (κ3) is 2.41. The monoisotopic (exact) mass is 226 g/mol. The molecule has 2 atom stereocenters. The first-order valence-electron chi connectivity index (χ1n) is 6.83. The third-order valence-electron chi connectivity index (χ3n) is 4.54. The Morgan fingerprint density at radius 3 is 2.94 bits per heavy atom. The van der Waals surface area contributed by atoms with E-state index in [1.807, 2.05) is 0 Å². The van der Waals surface area contributed by atoms with Gasteiger partial charge in [0.1, 0.15) is 0 Å². The third-order valence-corrected chi connectivity index (χ3v) is 4.54. The van der Waals surface area contributed by atoms with E-state index in [0.29, 0.717) is 5.54 Å². The summed E-state index contributed by atoms with van der Waals surface area (Å²) in [5, 5.41) is 0. The summed E-state index contributed by atoms with van der Waals surface area (Å²) in [6.07, 6.45) is 6.44. The van der Waals surface area contributed by atoms with Crippen LogP contribution in [0.25, 0.3) is 0 Å².